The van der Waals surface area contributed by atoms with Crippen molar-refractivity contribution >= 4 is 33.7 Å². The van der Waals surface area contributed by atoms with E-state index in [1.54, 1.807) is 73.1 Å². The zero-order valence-corrected chi connectivity index (χ0v) is 29.6. The molecule has 2 aliphatic rings. The van der Waals surface area contributed by atoms with Gasteiger partial charge in [-0.1, -0.05) is 48.5 Å². The summed E-state index contributed by atoms with van der Waals surface area (Å²) in [5.74, 6) is -1.47. The molecular formula is C41H38N6O7. The number of piperidine rings is 2. The third kappa shape index (κ3) is 5.51. The zero-order valence-electron chi connectivity index (χ0n) is 29.6. The van der Waals surface area contributed by atoms with Gasteiger partial charge in [-0.2, -0.15) is 0 Å². The van der Waals surface area contributed by atoms with Gasteiger partial charge in [0.25, 0.3) is 0 Å². The van der Waals surface area contributed by atoms with Gasteiger partial charge in [-0.05, 0) is 48.5 Å². The fourth-order valence-electron chi connectivity index (χ4n) is 8.77. The first-order valence-electron chi connectivity index (χ1n) is 17.5. The van der Waals surface area contributed by atoms with Gasteiger partial charge in [-0.15, -0.1) is 0 Å². The SMILES string of the molecule is COC(=O)C12CN(Cc3ccc4cccc(O)c4n3)CC(C(=O)OC)(C(c3ccccn3)N(Cc3ccc4cccc(O)c4n3)C1c1ccccn1)C2O. The van der Waals surface area contributed by atoms with Crippen molar-refractivity contribution in [2.24, 2.45) is 10.8 Å². The number of hydrogen-bond acceptors (Lipinski definition) is 13. The highest BCUT2D eigenvalue weighted by Crippen LogP contribution is 2.63. The first-order chi connectivity index (χ1) is 26.2. The molecule has 274 valence electrons. The predicted molar refractivity (Wildman–Crippen MR) is 196 cm³/mol. The van der Waals surface area contributed by atoms with E-state index in [2.05, 4.69) is 0 Å². The van der Waals surface area contributed by atoms with Gasteiger partial charge < -0.3 is 24.8 Å². The third-order valence-electron chi connectivity index (χ3n) is 10.9. The predicted octanol–water partition coefficient (Wildman–Crippen LogP) is 4.48. The number of carbonyl (C=O) groups excluding carboxylic acids is 2. The lowest BCUT2D eigenvalue weighted by molar-refractivity contribution is -0.255. The standard InChI is InChI=1S/C41H38N6O7/c1-53-38(51)40-23-46(21-27-17-15-25-9-7-13-31(48)33(25)44-27)24-41(37(40)50,39(52)54-2)36(30-12-4-6-20-43-30)47(35(40)29-11-3-5-19-42-29)22-28-18-16-26-10-8-14-32(49)34(26)45-28/h3-20,35-37,48-50H,21-24H2,1-2H3. The number of rotatable bonds is 8. The highest BCUT2D eigenvalue weighted by Gasteiger charge is 2.75. The summed E-state index contributed by atoms with van der Waals surface area (Å²) in [6, 6.07) is 26.3. The molecule has 2 bridgehead atoms. The molecule has 6 heterocycles. The summed E-state index contributed by atoms with van der Waals surface area (Å²) in [5, 5.41) is 35.9. The van der Waals surface area contributed by atoms with Crippen LogP contribution in [0.2, 0.25) is 0 Å². The molecule has 0 radical (unpaired) electrons. The molecule has 8 rings (SSSR count). The van der Waals surface area contributed by atoms with Crippen LogP contribution in [0.5, 0.6) is 11.5 Å². The van der Waals surface area contributed by atoms with Crippen molar-refractivity contribution in [3.8, 4) is 11.5 Å². The Balaban J connectivity index is 1.38. The highest BCUT2D eigenvalue weighted by molar-refractivity contribution is 5.87. The number of aromatic nitrogens is 4. The van der Waals surface area contributed by atoms with Crippen molar-refractivity contribution in [3.05, 3.63) is 132 Å². The maximum absolute atomic E-state index is 14.7. The Morgan fingerprint density at radius 2 is 1.15 bits per heavy atom. The second-order valence-electron chi connectivity index (χ2n) is 13.9. The van der Waals surface area contributed by atoms with Crippen LogP contribution in [-0.2, 0) is 32.2 Å². The topological polar surface area (TPSA) is 171 Å². The summed E-state index contributed by atoms with van der Waals surface area (Å²) in [6.07, 6.45) is 1.57. The average Bonchev–Trinajstić information content (AvgIpc) is 3.19. The Morgan fingerprint density at radius 3 is 1.59 bits per heavy atom. The van der Waals surface area contributed by atoms with E-state index in [0.717, 1.165) is 10.8 Å². The number of esters is 2. The Bertz CT molecular complexity index is 2290. The van der Waals surface area contributed by atoms with Crippen molar-refractivity contribution in [2.75, 3.05) is 27.3 Å². The number of carbonyl (C=O) groups is 2. The molecule has 4 unspecified atom stereocenters. The molecule has 13 nitrogen and oxygen atoms in total. The van der Waals surface area contributed by atoms with Crippen LogP contribution >= 0.6 is 0 Å². The van der Waals surface area contributed by atoms with Gasteiger partial charge in [-0.3, -0.25) is 29.4 Å². The van der Waals surface area contributed by atoms with E-state index in [9.17, 15) is 24.9 Å². The second kappa shape index (κ2) is 13.8. The van der Waals surface area contributed by atoms with Gasteiger partial charge in [0.15, 0.2) is 0 Å². The molecule has 0 amide bonds. The number of hydrogen-bond donors (Lipinski definition) is 3. The van der Waals surface area contributed by atoms with Crippen LogP contribution in [0.3, 0.4) is 0 Å². The van der Waals surface area contributed by atoms with Crippen LogP contribution in [0.25, 0.3) is 21.8 Å². The van der Waals surface area contributed by atoms with Crippen LogP contribution in [0.4, 0.5) is 0 Å². The van der Waals surface area contributed by atoms with Gasteiger partial charge in [-0.25, -0.2) is 9.97 Å². The summed E-state index contributed by atoms with van der Waals surface area (Å²) >= 11 is 0. The molecule has 2 aromatic carbocycles. The number of aliphatic hydroxyl groups is 1. The van der Waals surface area contributed by atoms with E-state index in [0.29, 0.717) is 33.8 Å². The van der Waals surface area contributed by atoms with Crippen LogP contribution in [0.1, 0.15) is 34.9 Å². The molecule has 2 aliphatic heterocycles. The molecule has 0 spiro atoms. The molecule has 2 fully saturated rings. The molecule has 13 heteroatoms. The summed E-state index contributed by atoms with van der Waals surface area (Å²) in [4.78, 5) is 52.4. The fourth-order valence-corrected chi connectivity index (χ4v) is 8.77. The van der Waals surface area contributed by atoms with E-state index >= 15 is 0 Å². The minimum absolute atomic E-state index is 0.00570. The van der Waals surface area contributed by atoms with E-state index in [-0.39, 0.29) is 37.7 Å². The molecule has 2 saturated heterocycles. The Labute approximate surface area is 310 Å². The first kappa shape index (κ1) is 35.0. The Kier molecular flexibility index (Phi) is 8.92. The molecule has 4 atom stereocenters. The van der Waals surface area contributed by atoms with Gasteiger partial charge >= 0.3 is 11.9 Å². The lowest BCUT2D eigenvalue weighted by Crippen LogP contribution is -2.77. The first-order valence-corrected chi connectivity index (χ1v) is 17.5. The van der Waals surface area contributed by atoms with Crippen LogP contribution < -0.4 is 0 Å². The van der Waals surface area contributed by atoms with Gasteiger partial charge in [0.1, 0.15) is 33.4 Å². The average molecular weight is 727 g/mol. The fraction of sp³-hybridized carbons (Fsp3) is 0.268. The monoisotopic (exact) mass is 726 g/mol. The Morgan fingerprint density at radius 1 is 0.667 bits per heavy atom. The number of aromatic hydroxyl groups is 2. The minimum atomic E-state index is -1.83. The lowest BCUT2D eigenvalue weighted by atomic mass is 9.53. The van der Waals surface area contributed by atoms with E-state index < -0.39 is 41.0 Å². The van der Waals surface area contributed by atoms with E-state index in [1.165, 1.54) is 14.2 Å². The molecular weight excluding hydrogens is 688 g/mol. The number of para-hydroxylation sites is 2. The molecule has 0 aliphatic carbocycles. The van der Waals surface area contributed by atoms with Crippen molar-refractivity contribution < 1.29 is 34.4 Å². The van der Waals surface area contributed by atoms with Gasteiger partial charge in [0.2, 0.25) is 0 Å². The van der Waals surface area contributed by atoms with Crippen molar-refractivity contribution in [2.45, 2.75) is 31.3 Å². The number of aliphatic hydroxyl groups excluding tert-OH is 1. The highest BCUT2D eigenvalue weighted by atomic mass is 16.5. The number of phenols is 2. The summed E-state index contributed by atoms with van der Waals surface area (Å²) in [7, 11) is 2.52. The van der Waals surface area contributed by atoms with Gasteiger partial charge in [0.05, 0.1) is 55.2 Å². The van der Waals surface area contributed by atoms with E-state index in [4.69, 9.17) is 29.4 Å². The molecule has 4 aromatic heterocycles. The quantitative estimate of drug-likeness (QED) is 0.188. The van der Waals surface area contributed by atoms with E-state index in [1.807, 2.05) is 46.2 Å². The van der Waals surface area contributed by atoms with Crippen molar-refractivity contribution in [1.82, 2.24) is 29.7 Å². The molecule has 6 aromatic rings. The number of nitrogens with zero attached hydrogens (tertiary/aromatic N) is 6. The molecule has 0 saturated carbocycles. The maximum Gasteiger partial charge on any atom is 0.317 e. The van der Waals surface area contributed by atoms with Gasteiger partial charge in [0, 0.05) is 49.3 Å². The van der Waals surface area contributed by atoms with Crippen LogP contribution in [0, 0.1) is 10.8 Å². The zero-order chi connectivity index (χ0) is 37.6. The maximum atomic E-state index is 14.7. The van der Waals surface area contributed by atoms with Crippen LogP contribution in [0.15, 0.2) is 109 Å². The summed E-state index contributed by atoms with van der Waals surface area (Å²) < 4.78 is 11.2. The number of likely N-dealkylation sites (tertiary alicyclic amines) is 2. The summed E-state index contributed by atoms with van der Waals surface area (Å²) in [6.45, 7) is 0.0454. The number of methoxy groups -OCH3 is 2. The van der Waals surface area contributed by atoms with Crippen molar-refractivity contribution in [1.29, 1.82) is 0 Å². The number of ether oxygens (including phenoxy) is 2. The van der Waals surface area contributed by atoms with Crippen molar-refractivity contribution in [3.63, 3.8) is 0 Å². The molecule has 3 N–H and O–H groups in total. The lowest BCUT2D eigenvalue weighted by Gasteiger charge is -2.65. The smallest absolute Gasteiger partial charge is 0.317 e. The second-order valence-corrected chi connectivity index (χ2v) is 13.9. The normalized spacial score (nSPS) is 24.3. The largest absolute Gasteiger partial charge is 0.506 e. The third-order valence-corrected chi connectivity index (χ3v) is 10.9. The number of phenolic OH excluding ortho intramolecular Hbond substituents is 2. The number of fused-ring (bicyclic) bond motifs is 4. The number of benzene rings is 2. The van der Waals surface area contributed by atoms with Crippen LogP contribution in [-0.4, -0.2) is 90.4 Å². The molecule has 54 heavy (non-hydrogen) atoms. The number of pyridine rings is 4. The minimum Gasteiger partial charge on any atom is -0.506 e. The Hall–Kier alpha value is -6.02. The summed E-state index contributed by atoms with van der Waals surface area (Å²) in [5.41, 5.74) is -0.882.